The van der Waals surface area contributed by atoms with Gasteiger partial charge in [0.1, 0.15) is 5.75 Å². The minimum absolute atomic E-state index is 0.0171. The molecule has 0 unspecified atom stereocenters. The van der Waals surface area contributed by atoms with Gasteiger partial charge in [-0.25, -0.2) is 0 Å². The molecule has 0 N–H and O–H groups in total. The van der Waals surface area contributed by atoms with Crippen LogP contribution in [0.25, 0.3) is 0 Å². The monoisotopic (exact) mass is 373 g/mol. The quantitative estimate of drug-likeness (QED) is 0.762. The summed E-state index contributed by atoms with van der Waals surface area (Å²) in [5.41, 5.74) is 0.816. The van der Waals surface area contributed by atoms with Crippen molar-refractivity contribution in [3.8, 4) is 5.75 Å². The maximum absolute atomic E-state index is 12.3. The maximum Gasteiger partial charge on any atom is 0.265 e. The number of nitrogens with zero attached hydrogens (tertiary/aromatic N) is 1. The van der Waals surface area contributed by atoms with Crippen LogP contribution in [-0.4, -0.2) is 37.6 Å². The van der Waals surface area contributed by atoms with Crippen molar-refractivity contribution in [3.05, 3.63) is 23.2 Å². The summed E-state index contributed by atoms with van der Waals surface area (Å²) in [7, 11) is 0. The van der Waals surface area contributed by atoms with Crippen molar-refractivity contribution >= 4 is 39.1 Å². The second-order valence-electron chi connectivity index (χ2n) is 5.63. The molecule has 2 heterocycles. The average Bonchev–Trinajstić information content (AvgIpc) is 2.51. The van der Waals surface area contributed by atoms with Gasteiger partial charge in [-0.15, -0.1) is 0 Å². The van der Waals surface area contributed by atoms with E-state index in [1.54, 1.807) is 12.1 Å². The summed E-state index contributed by atoms with van der Waals surface area (Å²) in [5.74, 6) is 0.701. The lowest BCUT2D eigenvalue weighted by Gasteiger charge is -2.41. The summed E-state index contributed by atoms with van der Waals surface area (Å²) in [4.78, 5) is 14.1. The first-order valence-electron chi connectivity index (χ1n) is 7.00. The number of carbonyl (C=O) groups is 1. The summed E-state index contributed by atoms with van der Waals surface area (Å²) < 4.78 is 11.0. The lowest BCUT2D eigenvalue weighted by Crippen LogP contribution is -2.48. The van der Waals surface area contributed by atoms with Gasteiger partial charge in [-0.05, 0) is 31.0 Å². The first kappa shape index (κ1) is 15.1. The second kappa shape index (κ2) is 6.15. The zero-order valence-electron chi connectivity index (χ0n) is 11.6. The summed E-state index contributed by atoms with van der Waals surface area (Å²) in [5, 5.41) is 1.46. The van der Waals surface area contributed by atoms with Gasteiger partial charge in [0.15, 0.2) is 6.61 Å². The van der Waals surface area contributed by atoms with E-state index in [2.05, 4.69) is 15.9 Å². The molecule has 0 aromatic heterocycles. The fraction of sp³-hybridized carbons (Fsp3) is 0.533. The largest absolute Gasteiger partial charge is 0.482 e. The zero-order chi connectivity index (χ0) is 14.9. The van der Waals surface area contributed by atoms with Gasteiger partial charge < -0.3 is 14.4 Å². The van der Waals surface area contributed by atoms with Crippen LogP contribution in [0.2, 0.25) is 5.02 Å². The van der Waals surface area contributed by atoms with Gasteiger partial charge in [-0.3, -0.25) is 4.79 Å². The zero-order valence-corrected chi connectivity index (χ0v) is 14.0. The molecule has 4 nitrogen and oxygen atoms in total. The molecule has 0 radical (unpaired) electrons. The Morgan fingerprint density at radius 1 is 1.33 bits per heavy atom. The topological polar surface area (TPSA) is 38.8 Å². The predicted molar refractivity (Wildman–Crippen MR) is 85.6 cm³/mol. The second-order valence-corrected chi connectivity index (χ2v) is 6.62. The van der Waals surface area contributed by atoms with E-state index in [0.717, 1.165) is 42.8 Å². The number of hydrogen-bond acceptors (Lipinski definition) is 3. The molecule has 0 saturated carbocycles. The molecule has 1 fully saturated rings. The van der Waals surface area contributed by atoms with E-state index in [4.69, 9.17) is 21.1 Å². The van der Waals surface area contributed by atoms with Crippen molar-refractivity contribution in [2.24, 2.45) is 5.41 Å². The molecule has 3 rings (SSSR count). The minimum atomic E-state index is -0.0171. The molecular formula is C15H17BrClNO3. The fourth-order valence-electron chi connectivity index (χ4n) is 2.82. The number of halogens is 2. The van der Waals surface area contributed by atoms with E-state index in [0.29, 0.717) is 11.6 Å². The minimum Gasteiger partial charge on any atom is -0.482 e. The van der Waals surface area contributed by atoms with Gasteiger partial charge in [0.05, 0.1) is 5.69 Å². The number of amides is 1. The van der Waals surface area contributed by atoms with Crippen molar-refractivity contribution in [1.29, 1.82) is 0 Å². The fourth-order valence-corrected chi connectivity index (χ4v) is 3.73. The van der Waals surface area contributed by atoms with Gasteiger partial charge >= 0.3 is 0 Å². The Bertz CT molecular complexity index is 546. The molecule has 0 aliphatic carbocycles. The Balaban J connectivity index is 1.90. The highest BCUT2D eigenvalue weighted by atomic mass is 79.9. The number of alkyl halides is 1. The molecule has 0 spiro atoms. The Kier molecular flexibility index (Phi) is 4.43. The highest BCUT2D eigenvalue weighted by Gasteiger charge is 2.37. The van der Waals surface area contributed by atoms with Crippen LogP contribution in [0.1, 0.15) is 12.8 Å². The lowest BCUT2D eigenvalue weighted by atomic mass is 9.81. The van der Waals surface area contributed by atoms with Gasteiger partial charge in [0, 0.05) is 35.5 Å². The Hall–Kier alpha value is -0.780. The number of benzene rings is 1. The van der Waals surface area contributed by atoms with E-state index in [-0.39, 0.29) is 17.9 Å². The molecule has 1 saturated heterocycles. The van der Waals surface area contributed by atoms with Crippen molar-refractivity contribution in [3.63, 3.8) is 0 Å². The third-order valence-corrected chi connectivity index (χ3v) is 5.62. The molecule has 0 atom stereocenters. The molecule has 6 heteroatoms. The molecule has 1 aromatic carbocycles. The molecule has 21 heavy (non-hydrogen) atoms. The Morgan fingerprint density at radius 2 is 2.10 bits per heavy atom. The average molecular weight is 375 g/mol. The van der Waals surface area contributed by atoms with Crippen LogP contribution in [-0.2, 0) is 9.53 Å². The number of carbonyl (C=O) groups excluding carboxylic acids is 1. The molecule has 114 valence electrons. The standard InChI is InChI=1S/C15H17BrClNO3/c16-9-15(3-5-20-6-4-15)10-18-12-7-11(17)1-2-13(12)21-8-14(18)19/h1-2,7H,3-6,8-10H2. The Morgan fingerprint density at radius 3 is 2.81 bits per heavy atom. The summed E-state index contributed by atoms with van der Waals surface area (Å²) in [6.45, 7) is 2.24. The smallest absolute Gasteiger partial charge is 0.265 e. The Labute approximate surface area is 137 Å². The van der Waals surface area contributed by atoms with Crippen LogP contribution in [0, 0.1) is 5.41 Å². The summed E-state index contributed by atoms with van der Waals surface area (Å²) in [6, 6.07) is 5.40. The SMILES string of the molecule is O=C1COc2ccc(Cl)cc2N1CC1(CBr)CCOCC1. The number of hydrogen-bond donors (Lipinski definition) is 0. The summed E-state index contributed by atoms with van der Waals surface area (Å²) in [6.07, 6.45) is 1.89. The van der Waals surface area contributed by atoms with Crippen LogP contribution >= 0.6 is 27.5 Å². The molecular weight excluding hydrogens is 358 g/mol. The van der Waals surface area contributed by atoms with Crippen LogP contribution in [0.3, 0.4) is 0 Å². The van der Waals surface area contributed by atoms with Crippen LogP contribution in [0.15, 0.2) is 18.2 Å². The van der Waals surface area contributed by atoms with Crippen LogP contribution in [0.4, 0.5) is 5.69 Å². The molecule has 0 bridgehead atoms. The molecule has 1 aromatic rings. The predicted octanol–water partition coefficient (Wildman–Crippen LogP) is 3.26. The first-order valence-corrected chi connectivity index (χ1v) is 8.50. The maximum atomic E-state index is 12.3. The van der Waals surface area contributed by atoms with E-state index >= 15 is 0 Å². The molecule has 2 aliphatic rings. The van der Waals surface area contributed by atoms with Gasteiger partial charge in [-0.1, -0.05) is 27.5 Å². The van der Waals surface area contributed by atoms with E-state index < -0.39 is 0 Å². The number of ether oxygens (including phenoxy) is 2. The third-order valence-electron chi connectivity index (χ3n) is 4.19. The van der Waals surface area contributed by atoms with Crippen molar-refractivity contribution in [2.45, 2.75) is 12.8 Å². The highest BCUT2D eigenvalue weighted by molar-refractivity contribution is 9.09. The third kappa shape index (κ3) is 3.05. The first-order chi connectivity index (χ1) is 10.1. The molecule has 2 aliphatic heterocycles. The number of fused-ring (bicyclic) bond motifs is 1. The highest BCUT2D eigenvalue weighted by Crippen LogP contribution is 2.39. The lowest BCUT2D eigenvalue weighted by molar-refractivity contribution is -0.121. The normalized spacial score (nSPS) is 20.9. The number of anilines is 1. The van der Waals surface area contributed by atoms with Gasteiger partial charge in [0.25, 0.3) is 5.91 Å². The number of rotatable bonds is 3. The van der Waals surface area contributed by atoms with Crippen molar-refractivity contribution in [1.82, 2.24) is 0 Å². The van der Waals surface area contributed by atoms with Crippen LogP contribution < -0.4 is 9.64 Å². The van der Waals surface area contributed by atoms with Gasteiger partial charge in [-0.2, -0.15) is 0 Å². The van der Waals surface area contributed by atoms with Crippen molar-refractivity contribution < 1.29 is 14.3 Å². The van der Waals surface area contributed by atoms with Crippen LogP contribution in [0.5, 0.6) is 5.75 Å². The van der Waals surface area contributed by atoms with E-state index in [1.807, 2.05) is 11.0 Å². The summed E-state index contributed by atoms with van der Waals surface area (Å²) >= 11 is 9.70. The van der Waals surface area contributed by atoms with Crippen molar-refractivity contribution in [2.75, 3.05) is 36.6 Å². The van der Waals surface area contributed by atoms with E-state index in [1.165, 1.54) is 0 Å². The van der Waals surface area contributed by atoms with Gasteiger partial charge in [0.2, 0.25) is 0 Å². The molecule has 1 amide bonds. The van der Waals surface area contributed by atoms with E-state index in [9.17, 15) is 4.79 Å².